The molecule has 0 aromatic carbocycles. The van der Waals surface area contributed by atoms with Gasteiger partial charge in [-0.15, -0.1) is 11.3 Å². The first-order valence-electron chi connectivity index (χ1n) is 6.21. The second kappa shape index (κ2) is 5.22. The van der Waals surface area contributed by atoms with Crippen molar-refractivity contribution in [3.05, 3.63) is 16.3 Å². The number of aromatic carboxylic acids is 1. The largest absolute Gasteiger partial charge is 0.477 e. The number of hydrogen-bond acceptors (Lipinski definition) is 4. The molecule has 0 radical (unpaired) electrons. The van der Waals surface area contributed by atoms with E-state index < -0.39 is 16.0 Å². The van der Waals surface area contributed by atoms with Crippen LogP contribution >= 0.6 is 11.3 Å². The maximum Gasteiger partial charge on any atom is 0.347 e. The van der Waals surface area contributed by atoms with Crippen molar-refractivity contribution < 1.29 is 18.3 Å². The third-order valence-electron chi connectivity index (χ3n) is 3.49. The molecule has 0 aliphatic heterocycles. The number of sulfonamides is 1. The number of carbonyl (C=O) groups is 1. The molecule has 19 heavy (non-hydrogen) atoms. The molecule has 2 rings (SSSR count). The van der Waals surface area contributed by atoms with Crippen molar-refractivity contribution >= 4 is 27.3 Å². The van der Waals surface area contributed by atoms with E-state index in [2.05, 4.69) is 11.6 Å². The van der Waals surface area contributed by atoms with E-state index in [1.165, 1.54) is 11.4 Å². The third kappa shape index (κ3) is 3.16. The molecule has 2 N–H and O–H groups in total. The smallest absolute Gasteiger partial charge is 0.347 e. The quantitative estimate of drug-likeness (QED) is 0.809. The van der Waals surface area contributed by atoms with Crippen LogP contribution in [0.15, 0.2) is 16.3 Å². The molecular formula is C12H17NO4S2. The highest BCUT2D eigenvalue weighted by Crippen LogP contribution is 2.49. The van der Waals surface area contributed by atoms with Gasteiger partial charge in [0, 0.05) is 6.54 Å². The van der Waals surface area contributed by atoms with Crippen LogP contribution in [0.1, 0.15) is 42.3 Å². The van der Waals surface area contributed by atoms with Gasteiger partial charge < -0.3 is 5.11 Å². The molecule has 1 saturated carbocycles. The summed E-state index contributed by atoms with van der Waals surface area (Å²) in [7, 11) is -3.72. The Kier molecular flexibility index (Phi) is 3.98. The molecule has 5 nitrogen and oxygen atoms in total. The number of thiophene rings is 1. The van der Waals surface area contributed by atoms with E-state index in [1.807, 2.05) is 0 Å². The predicted octanol–water partition coefficient (Wildman–Crippen LogP) is 2.30. The minimum atomic E-state index is -3.72. The van der Waals surface area contributed by atoms with Crippen LogP contribution in [0, 0.1) is 5.41 Å². The van der Waals surface area contributed by atoms with Gasteiger partial charge in [0.15, 0.2) is 0 Å². The van der Waals surface area contributed by atoms with Gasteiger partial charge in [0.25, 0.3) is 0 Å². The van der Waals surface area contributed by atoms with Crippen LogP contribution in [-0.4, -0.2) is 26.0 Å². The molecule has 0 spiro atoms. The number of nitrogens with one attached hydrogen (secondary N) is 1. The topological polar surface area (TPSA) is 83.5 Å². The van der Waals surface area contributed by atoms with Crippen molar-refractivity contribution in [2.24, 2.45) is 5.41 Å². The van der Waals surface area contributed by atoms with Crippen molar-refractivity contribution in [1.29, 1.82) is 0 Å². The molecule has 1 aromatic heterocycles. The first-order chi connectivity index (χ1) is 8.90. The monoisotopic (exact) mass is 303 g/mol. The van der Waals surface area contributed by atoms with Crippen LogP contribution in [0.5, 0.6) is 0 Å². The van der Waals surface area contributed by atoms with Crippen molar-refractivity contribution in [2.75, 3.05) is 6.54 Å². The Morgan fingerprint density at radius 2 is 2.21 bits per heavy atom. The molecule has 0 saturated heterocycles. The van der Waals surface area contributed by atoms with E-state index in [0.29, 0.717) is 6.54 Å². The Labute approximate surface area is 116 Å². The van der Waals surface area contributed by atoms with Crippen LogP contribution in [0.25, 0.3) is 0 Å². The summed E-state index contributed by atoms with van der Waals surface area (Å²) in [6.45, 7) is 2.48. The van der Waals surface area contributed by atoms with E-state index in [4.69, 9.17) is 5.11 Å². The first kappa shape index (κ1) is 14.5. The Morgan fingerprint density at radius 1 is 1.53 bits per heavy atom. The van der Waals surface area contributed by atoms with Gasteiger partial charge in [-0.1, -0.05) is 13.3 Å². The summed E-state index contributed by atoms with van der Waals surface area (Å²) in [4.78, 5) is 10.7. The van der Waals surface area contributed by atoms with Crippen molar-refractivity contribution in [3.63, 3.8) is 0 Å². The summed E-state index contributed by atoms with van der Waals surface area (Å²) in [5, 5.41) is 10.4. The summed E-state index contributed by atoms with van der Waals surface area (Å²) in [5.74, 6) is -1.20. The summed E-state index contributed by atoms with van der Waals surface area (Å²) >= 11 is 0.925. The molecule has 7 heteroatoms. The zero-order chi connectivity index (χ0) is 14.1. The zero-order valence-corrected chi connectivity index (χ0v) is 12.3. The van der Waals surface area contributed by atoms with E-state index >= 15 is 0 Å². The fourth-order valence-corrected chi connectivity index (χ4v) is 4.63. The minimum Gasteiger partial charge on any atom is -0.477 e. The number of carboxylic acids is 1. The maximum atomic E-state index is 12.1. The molecule has 106 valence electrons. The molecule has 0 atom stereocenters. The molecule has 1 heterocycles. The van der Waals surface area contributed by atoms with Crippen molar-refractivity contribution in [3.8, 4) is 0 Å². The summed E-state index contributed by atoms with van der Waals surface area (Å²) in [5.41, 5.74) is 0.0984. The van der Waals surface area contributed by atoms with Gasteiger partial charge in [0.05, 0.1) is 0 Å². The van der Waals surface area contributed by atoms with Gasteiger partial charge in [-0.3, -0.25) is 0 Å². The van der Waals surface area contributed by atoms with Gasteiger partial charge in [-0.05, 0) is 36.1 Å². The lowest BCUT2D eigenvalue weighted by molar-refractivity contribution is 0.0698. The zero-order valence-electron chi connectivity index (χ0n) is 10.7. The lowest BCUT2D eigenvalue weighted by atomic mass is 10.0. The molecular weight excluding hydrogens is 286 g/mol. The first-order valence-corrected chi connectivity index (χ1v) is 8.57. The van der Waals surface area contributed by atoms with Crippen molar-refractivity contribution in [2.45, 2.75) is 37.5 Å². The number of rotatable bonds is 7. The maximum absolute atomic E-state index is 12.1. The Morgan fingerprint density at radius 3 is 2.74 bits per heavy atom. The molecule has 0 amide bonds. The number of carboxylic acid groups (broad SMARTS) is 1. The van der Waals surface area contributed by atoms with Gasteiger partial charge in [0.2, 0.25) is 10.0 Å². The van der Waals surface area contributed by atoms with Crippen molar-refractivity contribution in [1.82, 2.24) is 4.72 Å². The van der Waals surface area contributed by atoms with Crippen LogP contribution in [0.4, 0.5) is 0 Å². The average Bonchev–Trinajstić information content (AvgIpc) is 2.92. The highest BCUT2D eigenvalue weighted by atomic mass is 32.2. The lowest BCUT2D eigenvalue weighted by Crippen LogP contribution is -2.30. The second-order valence-electron chi connectivity index (χ2n) is 4.99. The van der Waals surface area contributed by atoms with E-state index in [9.17, 15) is 13.2 Å². The van der Waals surface area contributed by atoms with Crippen LogP contribution in [0.3, 0.4) is 0 Å². The van der Waals surface area contributed by atoms with Gasteiger partial charge in [0.1, 0.15) is 9.77 Å². The van der Waals surface area contributed by atoms with E-state index in [0.717, 1.165) is 37.0 Å². The average molecular weight is 303 g/mol. The number of hydrogen-bond donors (Lipinski definition) is 2. The van der Waals surface area contributed by atoms with Crippen LogP contribution in [0.2, 0.25) is 0 Å². The van der Waals surface area contributed by atoms with Crippen LogP contribution < -0.4 is 4.72 Å². The fourth-order valence-electron chi connectivity index (χ4n) is 2.21. The standard InChI is InChI=1S/C12H17NO4S2/c1-2-4-12(5-6-12)8-13-19(16,17)9-3-7-18-10(9)11(14)15/h3,7,13H,2,4-6,8H2,1H3,(H,14,15). The van der Waals surface area contributed by atoms with Crippen LogP contribution in [-0.2, 0) is 10.0 Å². The molecule has 1 aliphatic rings. The normalized spacial score (nSPS) is 17.3. The minimum absolute atomic E-state index is 0.0984. The third-order valence-corrected chi connectivity index (χ3v) is 5.96. The molecule has 1 fully saturated rings. The SMILES string of the molecule is CCCC1(CNS(=O)(=O)c2ccsc2C(=O)O)CC1. The summed E-state index contributed by atoms with van der Waals surface area (Å²) in [6.07, 6.45) is 4.11. The fraction of sp³-hybridized carbons (Fsp3) is 0.583. The van der Waals surface area contributed by atoms with E-state index in [-0.39, 0.29) is 15.2 Å². The molecule has 0 bridgehead atoms. The Balaban J connectivity index is 2.10. The summed E-state index contributed by atoms with van der Waals surface area (Å²) < 4.78 is 26.8. The predicted molar refractivity (Wildman–Crippen MR) is 73.0 cm³/mol. The Hall–Kier alpha value is -0.920. The second-order valence-corrected chi connectivity index (χ2v) is 7.65. The highest BCUT2D eigenvalue weighted by molar-refractivity contribution is 7.89. The summed E-state index contributed by atoms with van der Waals surface area (Å²) in [6, 6.07) is 1.34. The molecule has 1 aliphatic carbocycles. The molecule has 1 aromatic rings. The van der Waals surface area contributed by atoms with E-state index in [1.54, 1.807) is 0 Å². The van der Waals surface area contributed by atoms with Gasteiger partial charge >= 0.3 is 5.97 Å². The Bertz CT molecular complexity index is 572. The lowest BCUT2D eigenvalue weighted by Gasteiger charge is -2.14. The van der Waals surface area contributed by atoms with Gasteiger partial charge in [-0.2, -0.15) is 0 Å². The highest BCUT2D eigenvalue weighted by Gasteiger charge is 2.42. The van der Waals surface area contributed by atoms with Gasteiger partial charge in [-0.25, -0.2) is 17.9 Å². The molecule has 0 unspecified atom stereocenters.